The molecule has 0 radical (unpaired) electrons. The van der Waals surface area contributed by atoms with Crippen LogP contribution in [-0.2, 0) is 16.1 Å². The van der Waals surface area contributed by atoms with Crippen LogP contribution in [0, 0.1) is 0 Å². The summed E-state index contributed by atoms with van der Waals surface area (Å²) in [6.07, 6.45) is 0.338. The van der Waals surface area contributed by atoms with Crippen molar-refractivity contribution in [1.29, 1.82) is 0 Å². The number of fused-ring (bicyclic) bond motifs is 1. The van der Waals surface area contributed by atoms with Crippen LogP contribution in [0.25, 0.3) is 10.8 Å². The number of amides is 1. The van der Waals surface area contributed by atoms with Gasteiger partial charge in [0.1, 0.15) is 0 Å². The van der Waals surface area contributed by atoms with Gasteiger partial charge in [0.2, 0.25) is 6.29 Å². The van der Waals surface area contributed by atoms with Gasteiger partial charge in [-0.15, -0.1) is 0 Å². The zero-order valence-electron chi connectivity index (χ0n) is 9.59. The van der Waals surface area contributed by atoms with Gasteiger partial charge in [0.25, 0.3) is 5.91 Å². The molecule has 86 valence electrons. The van der Waals surface area contributed by atoms with Crippen molar-refractivity contribution in [1.82, 2.24) is 4.90 Å². The van der Waals surface area contributed by atoms with E-state index in [1.54, 1.807) is 7.05 Å². The highest BCUT2D eigenvalue weighted by Gasteiger charge is 2.09. The summed E-state index contributed by atoms with van der Waals surface area (Å²) in [6.45, 7) is 0.443. The lowest BCUT2D eigenvalue weighted by atomic mass is 10.0. The largest absolute Gasteiger partial charge is 0.335 e. The molecule has 17 heavy (non-hydrogen) atoms. The van der Waals surface area contributed by atoms with Gasteiger partial charge in [0.15, 0.2) is 0 Å². The van der Waals surface area contributed by atoms with Crippen molar-refractivity contribution in [3.63, 3.8) is 0 Å². The molecule has 0 saturated heterocycles. The first-order valence-electron chi connectivity index (χ1n) is 5.39. The lowest BCUT2D eigenvalue weighted by molar-refractivity contribution is -0.138. The summed E-state index contributed by atoms with van der Waals surface area (Å²) in [7, 11) is 1.62. The first-order valence-corrected chi connectivity index (χ1v) is 5.39. The molecule has 0 aromatic heterocycles. The van der Waals surface area contributed by atoms with Gasteiger partial charge in [0.05, 0.1) is 0 Å². The molecule has 0 heterocycles. The summed E-state index contributed by atoms with van der Waals surface area (Å²) >= 11 is 0. The molecule has 0 unspecified atom stereocenters. The van der Waals surface area contributed by atoms with Gasteiger partial charge in [-0.1, -0.05) is 42.5 Å². The van der Waals surface area contributed by atoms with Gasteiger partial charge in [-0.25, -0.2) is 0 Å². The molecule has 0 N–H and O–H groups in total. The molecule has 0 bridgehead atoms. The lowest BCUT2D eigenvalue weighted by Gasteiger charge is -2.15. The summed E-state index contributed by atoms with van der Waals surface area (Å²) < 4.78 is 0. The Morgan fingerprint density at radius 3 is 2.65 bits per heavy atom. The van der Waals surface area contributed by atoms with Crippen molar-refractivity contribution in [2.45, 2.75) is 6.54 Å². The molecule has 0 aliphatic heterocycles. The van der Waals surface area contributed by atoms with Crippen LogP contribution < -0.4 is 0 Å². The van der Waals surface area contributed by atoms with Gasteiger partial charge < -0.3 is 4.90 Å². The third kappa shape index (κ3) is 2.33. The Labute approximate surface area is 99.7 Å². The first-order chi connectivity index (χ1) is 8.22. The minimum absolute atomic E-state index is 0.338. The second kappa shape index (κ2) is 4.78. The minimum Gasteiger partial charge on any atom is -0.335 e. The van der Waals surface area contributed by atoms with E-state index in [4.69, 9.17) is 0 Å². The summed E-state index contributed by atoms with van der Waals surface area (Å²) in [5.41, 5.74) is 1.04. The van der Waals surface area contributed by atoms with Gasteiger partial charge in [-0.2, -0.15) is 0 Å². The van der Waals surface area contributed by atoms with Crippen LogP contribution in [0.4, 0.5) is 0 Å². The topological polar surface area (TPSA) is 37.4 Å². The minimum atomic E-state index is -0.502. The molecule has 2 aromatic carbocycles. The van der Waals surface area contributed by atoms with E-state index in [2.05, 4.69) is 0 Å². The predicted octanol–water partition coefficient (Wildman–Crippen LogP) is 2.00. The maximum atomic E-state index is 11.2. The highest BCUT2D eigenvalue weighted by molar-refractivity contribution is 6.23. The van der Waals surface area contributed by atoms with E-state index in [0.29, 0.717) is 12.8 Å². The molecule has 0 saturated carbocycles. The van der Waals surface area contributed by atoms with Crippen molar-refractivity contribution < 1.29 is 9.59 Å². The van der Waals surface area contributed by atoms with Gasteiger partial charge in [-0.3, -0.25) is 9.59 Å². The number of benzene rings is 2. The van der Waals surface area contributed by atoms with E-state index in [9.17, 15) is 9.59 Å². The third-order valence-corrected chi connectivity index (χ3v) is 2.76. The third-order valence-electron chi connectivity index (χ3n) is 2.76. The average molecular weight is 227 g/mol. The number of carbonyl (C=O) groups is 2. The van der Waals surface area contributed by atoms with Gasteiger partial charge >= 0.3 is 0 Å². The second-order valence-corrected chi connectivity index (χ2v) is 3.95. The Morgan fingerprint density at radius 2 is 1.88 bits per heavy atom. The molecule has 0 aliphatic carbocycles. The van der Waals surface area contributed by atoms with Gasteiger partial charge in [0, 0.05) is 13.6 Å². The smallest absolute Gasteiger partial charge is 0.286 e. The fourth-order valence-corrected chi connectivity index (χ4v) is 1.85. The Morgan fingerprint density at radius 1 is 1.18 bits per heavy atom. The van der Waals surface area contributed by atoms with Crippen molar-refractivity contribution >= 4 is 23.0 Å². The fraction of sp³-hybridized carbons (Fsp3) is 0.143. The molecule has 3 nitrogen and oxygen atoms in total. The van der Waals surface area contributed by atoms with E-state index < -0.39 is 5.91 Å². The van der Waals surface area contributed by atoms with E-state index in [0.717, 1.165) is 16.3 Å². The maximum Gasteiger partial charge on any atom is 0.286 e. The second-order valence-electron chi connectivity index (χ2n) is 3.95. The van der Waals surface area contributed by atoms with E-state index >= 15 is 0 Å². The Bertz CT molecular complexity index is 558. The monoisotopic (exact) mass is 227 g/mol. The molecule has 3 heteroatoms. The zero-order valence-corrected chi connectivity index (χ0v) is 9.59. The summed E-state index contributed by atoms with van der Waals surface area (Å²) in [5.74, 6) is -0.502. The predicted molar refractivity (Wildman–Crippen MR) is 66.5 cm³/mol. The molecular formula is C14H13NO2. The normalized spacial score (nSPS) is 10.2. The number of rotatable bonds is 3. The number of hydrogen-bond acceptors (Lipinski definition) is 2. The molecule has 0 aliphatic rings. The molecule has 2 rings (SSSR count). The molecule has 0 fully saturated rings. The molecular weight excluding hydrogens is 214 g/mol. The highest BCUT2D eigenvalue weighted by Crippen LogP contribution is 2.19. The molecule has 0 atom stereocenters. The maximum absolute atomic E-state index is 11.2. The number of aldehydes is 1. The summed E-state index contributed by atoms with van der Waals surface area (Å²) in [5, 5.41) is 2.25. The zero-order chi connectivity index (χ0) is 12.3. The quantitative estimate of drug-likeness (QED) is 0.594. The van der Waals surface area contributed by atoms with Crippen LogP contribution >= 0.6 is 0 Å². The van der Waals surface area contributed by atoms with Crippen molar-refractivity contribution in [2.75, 3.05) is 7.05 Å². The van der Waals surface area contributed by atoms with Crippen LogP contribution in [0.1, 0.15) is 5.56 Å². The first kappa shape index (κ1) is 11.3. The Hall–Kier alpha value is -2.16. The molecule has 0 spiro atoms. The Kier molecular flexibility index (Phi) is 3.19. The van der Waals surface area contributed by atoms with Crippen LogP contribution in [-0.4, -0.2) is 24.1 Å². The van der Waals surface area contributed by atoms with E-state index in [-0.39, 0.29) is 0 Å². The van der Waals surface area contributed by atoms with E-state index in [1.165, 1.54) is 4.90 Å². The summed E-state index contributed by atoms with van der Waals surface area (Å²) in [6, 6.07) is 13.9. The Balaban J connectivity index is 2.36. The number of hydrogen-bond donors (Lipinski definition) is 0. The van der Waals surface area contributed by atoms with Crippen LogP contribution in [0.2, 0.25) is 0 Å². The fourth-order valence-electron chi connectivity index (χ4n) is 1.85. The molecule has 2 aromatic rings. The number of carbonyl (C=O) groups excluding carboxylic acids is 2. The van der Waals surface area contributed by atoms with Crippen LogP contribution in [0.15, 0.2) is 42.5 Å². The van der Waals surface area contributed by atoms with Crippen molar-refractivity contribution in [2.24, 2.45) is 0 Å². The van der Waals surface area contributed by atoms with E-state index in [1.807, 2.05) is 42.5 Å². The number of likely N-dealkylation sites (N-methyl/N-ethyl adjacent to an activating group) is 1. The van der Waals surface area contributed by atoms with Crippen molar-refractivity contribution in [3.05, 3.63) is 48.0 Å². The summed E-state index contributed by atoms with van der Waals surface area (Å²) in [4.78, 5) is 23.0. The van der Waals surface area contributed by atoms with Crippen LogP contribution in [0.3, 0.4) is 0 Å². The van der Waals surface area contributed by atoms with Crippen molar-refractivity contribution in [3.8, 4) is 0 Å². The molecule has 1 amide bonds. The van der Waals surface area contributed by atoms with Gasteiger partial charge in [-0.05, 0) is 16.3 Å². The average Bonchev–Trinajstić information content (AvgIpc) is 2.38. The SMILES string of the molecule is CN(Cc1cccc2ccccc12)C(=O)C=O. The number of nitrogens with zero attached hydrogens (tertiary/aromatic N) is 1. The highest BCUT2D eigenvalue weighted by atomic mass is 16.2. The lowest BCUT2D eigenvalue weighted by Crippen LogP contribution is -2.26. The standard InChI is InChI=1S/C14H13NO2/c1-15(14(17)10-16)9-12-7-4-6-11-5-2-3-8-13(11)12/h2-8,10H,9H2,1H3. The van der Waals surface area contributed by atoms with Crippen LogP contribution in [0.5, 0.6) is 0 Å².